The Hall–Kier alpha value is -3.65. The van der Waals surface area contributed by atoms with Crippen LogP contribution in [0.15, 0.2) is 76.0 Å². The van der Waals surface area contributed by atoms with Crippen LogP contribution in [0.2, 0.25) is 0 Å². The monoisotopic (exact) mass is 563 g/mol. The van der Waals surface area contributed by atoms with Crippen LogP contribution >= 0.6 is 15.9 Å². The molecule has 3 aromatic carbocycles. The number of halogens is 1. The van der Waals surface area contributed by atoms with Crippen molar-refractivity contribution in [2.75, 3.05) is 20.8 Å². The summed E-state index contributed by atoms with van der Waals surface area (Å²) in [7, 11) is 3.11. The minimum absolute atomic E-state index is 0.127. The van der Waals surface area contributed by atoms with Crippen molar-refractivity contribution in [2.24, 2.45) is 5.92 Å². The molecule has 0 spiro atoms. The SMILES string of the molecule is COc1cc(OC)c(Br)c(-n2c(C(C)N(CC(C)C)C(=O)c3ccccc3)nc3ccccc3c2=O)c1. The fraction of sp³-hybridized carbons (Fsp3) is 0.276. The number of rotatable bonds is 8. The fourth-order valence-corrected chi connectivity index (χ4v) is 4.91. The molecule has 0 N–H and O–H groups in total. The molecule has 0 saturated carbocycles. The molecule has 8 heteroatoms. The smallest absolute Gasteiger partial charge is 0.266 e. The van der Waals surface area contributed by atoms with Crippen molar-refractivity contribution >= 4 is 32.7 Å². The Kier molecular flexibility index (Phi) is 7.97. The van der Waals surface area contributed by atoms with Crippen molar-refractivity contribution in [1.29, 1.82) is 0 Å². The summed E-state index contributed by atoms with van der Waals surface area (Å²) in [5.41, 5.74) is 1.40. The molecular weight excluding hydrogens is 534 g/mol. The predicted molar refractivity (Wildman–Crippen MR) is 149 cm³/mol. The number of aromatic nitrogens is 2. The van der Waals surface area contributed by atoms with Gasteiger partial charge in [0.1, 0.15) is 17.3 Å². The third-order valence-corrected chi connectivity index (χ3v) is 6.97. The summed E-state index contributed by atoms with van der Waals surface area (Å²) in [4.78, 5) is 34.4. The first-order valence-electron chi connectivity index (χ1n) is 12.1. The Morgan fingerprint density at radius 1 is 1.00 bits per heavy atom. The minimum Gasteiger partial charge on any atom is -0.497 e. The Morgan fingerprint density at radius 3 is 2.32 bits per heavy atom. The Labute approximate surface area is 224 Å². The van der Waals surface area contributed by atoms with Crippen molar-refractivity contribution in [3.8, 4) is 17.2 Å². The van der Waals surface area contributed by atoms with Gasteiger partial charge in [-0.25, -0.2) is 4.98 Å². The summed E-state index contributed by atoms with van der Waals surface area (Å²) >= 11 is 3.62. The van der Waals surface area contributed by atoms with Crippen molar-refractivity contribution in [3.63, 3.8) is 0 Å². The number of benzene rings is 3. The van der Waals surface area contributed by atoms with Gasteiger partial charge in [-0.05, 0) is 53.0 Å². The molecule has 192 valence electrons. The van der Waals surface area contributed by atoms with E-state index in [4.69, 9.17) is 14.5 Å². The number of para-hydroxylation sites is 1. The normalized spacial score (nSPS) is 12.0. The van der Waals surface area contributed by atoms with Crippen LogP contribution in [0.1, 0.15) is 43.0 Å². The van der Waals surface area contributed by atoms with Crippen LogP contribution in [0, 0.1) is 5.92 Å². The van der Waals surface area contributed by atoms with E-state index in [0.717, 1.165) is 0 Å². The van der Waals surface area contributed by atoms with Gasteiger partial charge in [0.15, 0.2) is 0 Å². The van der Waals surface area contributed by atoms with Crippen LogP contribution in [-0.4, -0.2) is 41.1 Å². The van der Waals surface area contributed by atoms with Crippen LogP contribution in [0.5, 0.6) is 11.5 Å². The van der Waals surface area contributed by atoms with Gasteiger partial charge in [0, 0.05) is 24.2 Å². The minimum atomic E-state index is -0.531. The third kappa shape index (κ3) is 5.25. The first-order chi connectivity index (χ1) is 17.8. The number of carbonyl (C=O) groups is 1. The third-order valence-electron chi connectivity index (χ3n) is 6.18. The molecule has 1 atom stereocenters. The van der Waals surface area contributed by atoms with Gasteiger partial charge in [0.2, 0.25) is 0 Å². The van der Waals surface area contributed by atoms with E-state index in [1.54, 1.807) is 54.0 Å². The Balaban J connectivity index is 2.01. The number of amides is 1. The van der Waals surface area contributed by atoms with E-state index < -0.39 is 6.04 Å². The van der Waals surface area contributed by atoms with Crippen molar-refractivity contribution < 1.29 is 14.3 Å². The zero-order chi connectivity index (χ0) is 26.7. The summed E-state index contributed by atoms with van der Waals surface area (Å²) in [6, 6.07) is 19.3. The van der Waals surface area contributed by atoms with Gasteiger partial charge in [-0.3, -0.25) is 14.2 Å². The van der Waals surface area contributed by atoms with Gasteiger partial charge < -0.3 is 14.4 Å². The molecule has 37 heavy (non-hydrogen) atoms. The number of methoxy groups -OCH3 is 2. The largest absolute Gasteiger partial charge is 0.497 e. The molecule has 1 heterocycles. The predicted octanol–water partition coefficient (Wildman–Crippen LogP) is 6.02. The zero-order valence-electron chi connectivity index (χ0n) is 21.6. The average Bonchev–Trinajstić information content (AvgIpc) is 2.91. The maximum Gasteiger partial charge on any atom is 0.266 e. The van der Waals surface area contributed by atoms with Crippen LogP contribution in [0.4, 0.5) is 0 Å². The van der Waals surface area contributed by atoms with E-state index in [0.29, 0.717) is 50.5 Å². The lowest BCUT2D eigenvalue weighted by molar-refractivity contribution is 0.0655. The lowest BCUT2D eigenvalue weighted by Crippen LogP contribution is -2.39. The molecule has 4 rings (SSSR count). The first kappa shape index (κ1) is 26.4. The molecule has 0 saturated heterocycles. The van der Waals surface area contributed by atoms with Crippen molar-refractivity contribution in [2.45, 2.75) is 26.8 Å². The number of fused-ring (bicyclic) bond motifs is 1. The molecule has 0 aliphatic carbocycles. The molecule has 0 bridgehead atoms. The summed E-state index contributed by atoms with van der Waals surface area (Å²) in [6.07, 6.45) is 0. The highest BCUT2D eigenvalue weighted by molar-refractivity contribution is 9.10. The van der Waals surface area contributed by atoms with E-state index in [2.05, 4.69) is 29.8 Å². The van der Waals surface area contributed by atoms with E-state index in [1.807, 2.05) is 43.3 Å². The molecule has 0 aliphatic rings. The standard InChI is InChI=1S/C29H30BrN3O4/c1-18(2)17-32(28(34)20-11-7-6-8-12-20)19(3)27-31-23-14-10-9-13-22(23)29(35)33(27)24-15-21(36-4)16-25(37-5)26(24)30/h6-16,18-19H,17H2,1-5H3. The highest BCUT2D eigenvalue weighted by Crippen LogP contribution is 2.37. The summed E-state index contributed by atoms with van der Waals surface area (Å²) < 4.78 is 13.2. The van der Waals surface area contributed by atoms with Crippen molar-refractivity contribution in [1.82, 2.24) is 14.5 Å². The van der Waals surface area contributed by atoms with E-state index in [9.17, 15) is 9.59 Å². The molecule has 1 amide bonds. The number of nitrogens with zero attached hydrogens (tertiary/aromatic N) is 3. The summed E-state index contributed by atoms with van der Waals surface area (Å²) in [5.74, 6) is 1.53. The van der Waals surface area contributed by atoms with E-state index >= 15 is 0 Å². The quantitative estimate of drug-likeness (QED) is 0.262. The van der Waals surface area contributed by atoms with E-state index in [1.165, 1.54) is 0 Å². The maximum absolute atomic E-state index is 14.0. The molecule has 1 unspecified atom stereocenters. The Bertz CT molecular complexity index is 1480. The van der Waals surface area contributed by atoms with Crippen molar-refractivity contribution in [3.05, 3.63) is 92.9 Å². The van der Waals surface area contributed by atoms with Crippen LogP contribution < -0.4 is 15.0 Å². The highest BCUT2D eigenvalue weighted by atomic mass is 79.9. The lowest BCUT2D eigenvalue weighted by Gasteiger charge is -2.32. The van der Waals surface area contributed by atoms with Crippen LogP contribution in [0.25, 0.3) is 16.6 Å². The molecule has 7 nitrogen and oxygen atoms in total. The molecular formula is C29H30BrN3O4. The number of hydrogen-bond donors (Lipinski definition) is 0. The first-order valence-corrected chi connectivity index (χ1v) is 12.9. The second-order valence-electron chi connectivity index (χ2n) is 9.18. The zero-order valence-corrected chi connectivity index (χ0v) is 23.2. The van der Waals surface area contributed by atoms with Gasteiger partial charge in [-0.15, -0.1) is 0 Å². The van der Waals surface area contributed by atoms with Crippen LogP contribution in [-0.2, 0) is 0 Å². The summed E-state index contributed by atoms with van der Waals surface area (Å²) in [6.45, 7) is 6.51. The molecule has 4 aromatic rings. The molecule has 0 fully saturated rings. The highest BCUT2D eigenvalue weighted by Gasteiger charge is 2.29. The number of carbonyl (C=O) groups excluding carboxylic acids is 1. The Morgan fingerprint density at radius 2 is 1.68 bits per heavy atom. The summed E-state index contributed by atoms with van der Waals surface area (Å²) in [5, 5.41) is 0.469. The number of hydrogen-bond acceptors (Lipinski definition) is 5. The van der Waals surface area contributed by atoms with Crippen LogP contribution in [0.3, 0.4) is 0 Å². The van der Waals surface area contributed by atoms with E-state index in [-0.39, 0.29) is 17.4 Å². The number of ether oxygens (including phenoxy) is 2. The second kappa shape index (κ2) is 11.2. The topological polar surface area (TPSA) is 73.7 Å². The molecule has 0 aliphatic heterocycles. The fourth-order valence-electron chi connectivity index (χ4n) is 4.35. The van der Waals surface area contributed by atoms with Gasteiger partial charge in [-0.1, -0.05) is 44.2 Å². The lowest BCUT2D eigenvalue weighted by atomic mass is 10.1. The van der Waals surface area contributed by atoms with Gasteiger partial charge in [0.25, 0.3) is 11.5 Å². The average molecular weight is 564 g/mol. The molecule has 1 aromatic heterocycles. The van der Waals surface area contributed by atoms with Gasteiger partial charge in [0.05, 0.1) is 41.3 Å². The molecule has 0 radical (unpaired) electrons. The maximum atomic E-state index is 14.0. The van der Waals surface area contributed by atoms with Gasteiger partial charge in [-0.2, -0.15) is 0 Å². The van der Waals surface area contributed by atoms with Gasteiger partial charge >= 0.3 is 0 Å². The second-order valence-corrected chi connectivity index (χ2v) is 9.98.